The molecule has 1 aromatic heterocycles. The number of nitrogens with zero attached hydrogens (tertiary/aromatic N) is 2. The molecule has 0 radical (unpaired) electrons. The minimum Gasteiger partial charge on any atom is -0.352 e. The van der Waals surface area contributed by atoms with Crippen molar-refractivity contribution >= 4 is 44.9 Å². The number of nitrogens with one attached hydrogen (secondary N) is 1. The van der Waals surface area contributed by atoms with E-state index >= 15 is 0 Å². The van der Waals surface area contributed by atoms with Gasteiger partial charge in [-0.2, -0.15) is 0 Å². The Hall–Kier alpha value is -1.67. The van der Waals surface area contributed by atoms with Gasteiger partial charge in [-0.05, 0) is 24.3 Å². The Kier molecular flexibility index (Phi) is 5.58. The van der Waals surface area contributed by atoms with Crippen molar-refractivity contribution < 1.29 is 9.72 Å². The molecule has 1 N–H and O–H groups in total. The molecule has 0 spiro atoms. The topological polar surface area (TPSA) is 85.1 Å². The minimum absolute atomic E-state index is 0.0289. The zero-order chi connectivity index (χ0) is 18.0. The molecule has 0 unspecified atom stereocenters. The van der Waals surface area contributed by atoms with Crippen LogP contribution in [-0.4, -0.2) is 27.6 Å². The second kappa shape index (κ2) is 7.70. The number of nitro benzene ring substituents is 1. The zero-order valence-corrected chi connectivity index (χ0v) is 15.9. The van der Waals surface area contributed by atoms with Gasteiger partial charge in [0.05, 0.1) is 20.9 Å². The number of carbonyl (C=O) groups is 1. The van der Waals surface area contributed by atoms with E-state index in [0.29, 0.717) is 17.6 Å². The largest absolute Gasteiger partial charge is 0.352 e. The van der Waals surface area contributed by atoms with E-state index in [-0.39, 0.29) is 17.6 Å². The van der Waals surface area contributed by atoms with Gasteiger partial charge < -0.3 is 5.32 Å². The van der Waals surface area contributed by atoms with Crippen LogP contribution in [0.2, 0.25) is 0 Å². The van der Waals surface area contributed by atoms with E-state index in [9.17, 15) is 14.9 Å². The van der Waals surface area contributed by atoms with Gasteiger partial charge in [-0.15, -0.1) is 11.3 Å². The van der Waals surface area contributed by atoms with E-state index in [0.717, 1.165) is 21.0 Å². The first-order valence-corrected chi connectivity index (χ1v) is 10.2. The van der Waals surface area contributed by atoms with Crippen LogP contribution in [0, 0.1) is 22.0 Å². The first-order chi connectivity index (χ1) is 11.9. The number of non-ortho nitro benzene ring substituents is 1. The maximum absolute atomic E-state index is 12.3. The monoisotopic (exact) mass is 379 g/mol. The lowest BCUT2D eigenvalue weighted by Crippen LogP contribution is -2.44. The summed E-state index contributed by atoms with van der Waals surface area (Å²) < 4.78 is 1.53. The van der Waals surface area contributed by atoms with Crippen molar-refractivity contribution in [3.8, 4) is 0 Å². The molecular formula is C17H21N3O3S2. The normalized spacial score (nSPS) is 23.5. The fraction of sp³-hybridized carbons (Fsp3) is 0.529. The van der Waals surface area contributed by atoms with E-state index in [2.05, 4.69) is 24.1 Å². The summed E-state index contributed by atoms with van der Waals surface area (Å²) in [7, 11) is 0. The van der Waals surface area contributed by atoms with E-state index < -0.39 is 4.92 Å². The number of thioether (sulfide) groups is 1. The Bertz CT molecular complexity index is 793. The molecule has 3 rings (SSSR count). The van der Waals surface area contributed by atoms with Gasteiger partial charge in [0, 0.05) is 18.2 Å². The van der Waals surface area contributed by atoms with Gasteiger partial charge in [0.1, 0.15) is 0 Å². The van der Waals surface area contributed by atoms with Gasteiger partial charge >= 0.3 is 0 Å². The fourth-order valence-electron chi connectivity index (χ4n) is 3.23. The van der Waals surface area contributed by atoms with Crippen LogP contribution in [0.3, 0.4) is 0 Å². The van der Waals surface area contributed by atoms with Crippen LogP contribution in [0.15, 0.2) is 22.5 Å². The molecule has 8 heteroatoms. The Balaban J connectivity index is 1.58. The number of amides is 1. The third kappa shape index (κ3) is 4.30. The predicted molar refractivity (Wildman–Crippen MR) is 101 cm³/mol. The third-order valence-electron chi connectivity index (χ3n) is 4.94. The van der Waals surface area contributed by atoms with E-state index in [1.54, 1.807) is 6.07 Å². The Morgan fingerprint density at radius 2 is 2.24 bits per heavy atom. The summed E-state index contributed by atoms with van der Waals surface area (Å²) in [5, 5.41) is 14.0. The van der Waals surface area contributed by atoms with Gasteiger partial charge in [-0.1, -0.05) is 38.5 Å². The SMILES string of the molecule is C[C@@H]1[C@H](C)CCC[C@@H]1NC(=O)CSc1nc2ccc([N+](=O)[O-])cc2s1. The summed E-state index contributed by atoms with van der Waals surface area (Å²) in [6.07, 6.45) is 3.45. The lowest BCUT2D eigenvalue weighted by atomic mass is 9.78. The zero-order valence-electron chi connectivity index (χ0n) is 14.2. The smallest absolute Gasteiger partial charge is 0.270 e. The van der Waals surface area contributed by atoms with Crippen molar-refractivity contribution in [2.24, 2.45) is 11.8 Å². The van der Waals surface area contributed by atoms with Crippen LogP contribution < -0.4 is 5.32 Å². The summed E-state index contributed by atoms with van der Waals surface area (Å²) in [5.41, 5.74) is 0.791. The van der Waals surface area contributed by atoms with Gasteiger partial charge in [-0.3, -0.25) is 14.9 Å². The highest BCUT2D eigenvalue weighted by molar-refractivity contribution is 8.01. The van der Waals surface area contributed by atoms with Gasteiger partial charge in [0.15, 0.2) is 4.34 Å². The quantitative estimate of drug-likeness (QED) is 0.477. The maximum Gasteiger partial charge on any atom is 0.270 e. The highest BCUT2D eigenvalue weighted by atomic mass is 32.2. The molecule has 1 saturated carbocycles. The number of rotatable bonds is 5. The van der Waals surface area contributed by atoms with Crippen LogP contribution >= 0.6 is 23.1 Å². The van der Waals surface area contributed by atoms with Gasteiger partial charge in [0.25, 0.3) is 5.69 Å². The van der Waals surface area contributed by atoms with Crippen molar-refractivity contribution in [2.75, 3.05) is 5.75 Å². The molecule has 1 aliphatic carbocycles. The second-order valence-corrected chi connectivity index (χ2v) is 8.87. The van der Waals surface area contributed by atoms with E-state index in [4.69, 9.17) is 0 Å². The average Bonchev–Trinajstić information content (AvgIpc) is 2.99. The van der Waals surface area contributed by atoms with Crippen LogP contribution in [0.4, 0.5) is 5.69 Å². The van der Waals surface area contributed by atoms with Crippen molar-refractivity contribution in [2.45, 2.75) is 43.5 Å². The molecule has 0 bridgehead atoms. The van der Waals surface area contributed by atoms with Gasteiger partial charge in [0.2, 0.25) is 5.91 Å². The number of benzene rings is 1. The van der Waals surface area contributed by atoms with Crippen LogP contribution in [0.5, 0.6) is 0 Å². The fourth-order valence-corrected chi connectivity index (χ4v) is 5.14. The molecule has 0 aliphatic heterocycles. The van der Waals surface area contributed by atoms with E-state index in [1.165, 1.54) is 48.1 Å². The molecule has 1 heterocycles. The number of carbonyl (C=O) groups excluding carboxylic acids is 1. The predicted octanol–water partition coefficient (Wildman–Crippen LogP) is 4.24. The Labute approximate surface area is 154 Å². The first-order valence-electron chi connectivity index (χ1n) is 8.41. The van der Waals surface area contributed by atoms with Crippen molar-refractivity contribution in [3.63, 3.8) is 0 Å². The molecular weight excluding hydrogens is 358 g/mol. The number of fused-ring (bicyclic) bond motifs is 1. The van der Waals surface area contributed by atoms with Crippen molar-refractivity contribution in [1.29, 1.82) is 0 Å². The number of hydrogen-bond acceptors (Lipinski definition) is 6. The highest BCUT2D eigenvalue weighted by Crippen LogP contribution is 2.32. The summed E-state index contributed by atoms with van der Waals surface area (Å²) in [5.74, 6) is 1.50. The molecule has 3 atom stereocenters. The van der Waals surface area contributed by atoms with Gasteiger partial charge in [-0.25, -0.2) is 4.98 Å². The van der Waals surface area contributed by atoms with Crippen molar-refractivity contribution in [3.05, 3.63) is 28.3 Å². The molecule has 1 aromatic carbocycles. The second-order valence-electron chi connectivity index (χ2n) is 6.62. The van der Waals surface area contributed by atoms with Crippen LogP contribution in [-0.2, 0) is 4.79 Å². The molecule has 2 aromatic rings. The molecule has 1 amide bonds. The number of hydrogen-bond donors (Lipinski definition) is 1. The first kappa shape index (κ1) is 18.1. The number of thiazole rings is 1. The summed E-state index contributed by atoms with van der Waals surface area (Å²) in [6, 6.07) is 4.89. The van der Waals surface area contributed by atoms with Crippen LogP contribution in [0.1, 0.15) is 33.1 Å². The van der Waals surface area contributed by atoms with Crippen LogP contribution in [0.25, 0.3) is 10.2 Å². The molecule has 0 saturated heterocycles. The lowest BCUT2D eigenvalue weighted by Gasteiger charge is -2.34. The standard InChI is InChI=1S/C17H21N3O3S2/c1-10-4-3-5-13(11(10)2)18-16(21)9-24-17-19-14-7-6-12(20(22)23)8-15(14)25-17/h6-8,10-11,13H,3-5,9H2,1-2H3,(H,18,21)/t10-,11-,13+/m1/s1. The molecule has 1 aliphatic rings. The van der Waals surface area contributed by atoms with Crippen molar-refractivity contribution in [1.82, 2.24) is 10.3 Å². The molecule has 134 valence electrons. The molecule has 6 nitrogen and oxygen atoms in total. The number of aromatic nitrogens is 1. The molecule has 25 heavy (non-hydrogen) atoms. The summed E-state index contributed by atoms with van der Waals surface area (Å²) in [6.45, 7) is 4.46. The third-order valence-corrected chi connectivity index (χ3v) is 7.10. The highest BCUT2D eigenvalue weighted by Gasteiger charge is 2.28. The van der Waals surface area contributed by atoms with E-state index in [1.807, 2.05) is 0 Å². The summed E-state index contributed by atoms with van der Waals surface area (Å²) >= 11 is 2.77. The number of nitro groups is 1. The minimum atomic E-state index is -0.411. The lowest BCUT2D eigenvalue weighted by molar-refractivity contribution is -0.384. The Morgan fingerprint density at radius 3 is 3.00 bits per heavy atom. The average molecular weight is 380 g/mol. The Morgan fingerprint density at radius 1 is 1.44 bits per heavy atom. The maximum atomic E-state index is 12.3. The summed E-state index contributed by atoms with van der Waals surface area (Å²) in [4.78, 5) is 27.1. The molecule has 1 fully saturated rings.